The van der Waals surface area contributed by atoms with E-state index in [-0.39, 0.29) is 6.04 Å². The van der Waals surface area contributed by atoms with Gasteiger partial charge >= 0.3 is 6.18 Å². The molecule has 1 saturated heterocycles. The molecule has 29 heavy (non-hydrogen) atoms. The lowest BCUT2D eigenvalue weighted by atomic mass is 10.0. The molecule has 0 radical (unpaired) electrons. The minimum atomic E-state index is -4.45. The van der Waals surface area contributed by atoms with Gasteiger partial charge in [0.05, 0.1) is 0 Å². The molecule has 2 aromatic rings. The third-order valence-electron chi connectivity index (χ3n) is 6.25. The number of aromatic nitrogens is 3. The predicted octanol–water partition coefficient (Wildman–Crippen LogP) is 3.61. The van der Waals surface area contributed by atoms with Crippen LogP contribution in [0, 0.1) is 0 Å². The summed E-state index contributed by atoms with van der Waals surface area (Å²) in [6, 6.07) is 1.60. The fraction of sp³-hybridized carbons (Fsp3) is 0.650. The fourth-order valence-electron chi connectivity index (χ4n) is 4.65. The molecule has 0 spiro atoms. The van der Waals surface area contributed by atoms with E-state index in [1.54, 1.807) is 0 Å². The lowest BCUT2D eigenvalue weighted by Gasteiger charge is -2.39. The second-order valence-corrected chi connectivity index (χ2v) is 8.29. The van der Waals surface area contributed by atoms with E-state index in [4.69, 9.17) is 4.52 Å². The molecular weight excluding hydrogens is 383 g/mol. The Labute approximate surface area is 167 Å². The first-order valence-electron chi connectivity index (χ1n) is 10.4. The number of rotatable bonds is 5. The molecule has 0 atom stereocenters. The quantitative estimate of drug-likeness (QED) is 0.755. The van der Waals surface area contributed by atoms with Gasteiger partial charge in [-0.05, 0) is 38.5 Å². The lowest BCUT2D eigenvalue weighted by molar-refractivity contribution is -0.141. The van der Waals surface area contributed by atoms with Crippen LogP contribution in [0.1, 0.15) is 54.8 Å². The van der Waals surface area contributed by atoms with Crippen molar-refractivity contribution in [2.75, 3.05) is 18.0 Å². The van der Waals surface area contributed by atoms with Gasteiger partial charge in [0.25, 0.3) is 0 Å². The number of alkyl halides is 3. The zero-order valence-electron chi connectivity index (χ0n) is 16.2. The van der Waals surface area contributed by atoms with E-state index in [1.165, 1.54) is 5.56 Å². The number of anilines is 1. The van der Waals surface area contributed by atoms with Crippen molar-refractivity contribution in [3.05, 3.63) is 35.1 Å². The van der Waals surface area contributed by atoms with E-state index in [0.717, 1.165) is 88.4 Å². The molecule has 0 aromatic carbocycles. The topological polar surface area (TPSA) is 58.3 Å². The van der Waals surface area contributed by atoms with Gasteiger partial charge in [0.1, 0.15) is 29.3 Å². The lowest BCUT2D eigenvalue weighted by Crippen LogP contribution is -2.46. The highest BCUT2D eigenvalue weighted by atomic mass is 19.4. The molecule has 0 bridgehead atoms. The second kappa shape index (κ2) is 7.27. The largest absolute Gasteiger partial charge is 0.433 e. The summed E-state index contributed by atoms with van der Waals surface area (Å²) in [6.07, 6.45) is 3.59. The highest BCUT2D eigenvalue weighted by Gasteiger charge is 2.39. The number of fused-ring (bicyclic) bond motifs is 1. The first-order valence-corrected chi connectivity index (χ1v) is 10.4. The van der Waals surface area contributed by atoms with E-state index < -0.39 is 11.9 Å². The van der Waals surface area contributed by atoms with Crippen LogP contribution in [-0.2, 0) is 25.6 Å². The van der Waals surface area contributed by atoms with Crippen LogP contribution < -0.4 is 4.90 Å². The zero-order valence-corrected chi connectivity index (χ0v) is 16.2. The molecule has 156 valence electrons. The summed E-state index contributed by atoms with van der Waals surface area (Å²) in [5.74, 6) is 1.45. The Kier molecular flexibility index (Phi) is 4.72. The molecule has 2 aliphatic carbocycles. The molecule has 5 rings (SSSR count). The van der Waals surface area contributed by atoms with Gasteiger partial charge in [-0.3, -0.25) is 4.90 Å². The van der Waals surface area contributed by atoms with E-state index in [2.05, 4.69) is 24.9 Å². The molecule has 1 aliphatic heterocycles. The molecule has 3 aliphatic rings. The summed E-state index contributed by atoms with van der Waals surface area (Å²) >= 11 is 0. The van der Waals surface area contributed by atoms with Crippen LogP contribution in [0.4, 0.5) is 19.0 Å². The van der Waals surface area contributed by atoms with Crippen molar-refractivity contribution in [2.24, 2.45) is 0 Å². The Balaban J connectivity index is 1.26. The zero-order chi connectivity index (χ0) is 20.0. The molecule has 2 fully saturated rings. The Morgan fingerprint density at radius 1 is 1.07 bits per heavy atom. The van der Waals surface area contributed by atoms with Gasteiger partial charge in [-0.15, -0.1) is 0 Å². The van der Waals surface area contributed by atoms with Crippen molar-refractivity contribution in [3.8, 4) is 0 Å². The van der Waals surface area contributed by atoms with Gasteiger partial charge in [-0.2, -0.15) is 13.2 Å². The number of aryl methyl sites for hydroxylation is 1. The first kappa shape index (κ1) is 18.8. The van der Waals surface area contributed by atoms with Crippen LogP contribution in [-0.4, -0.2) is 45.2 Å². The fourth-order valence-corrected chi connectivity index (χ4v) is 4.65. The maximum absolute atomic E-state index is 13.1. The van der Waals surface area contributed by atoms with Crippen molar-refractivity contribution < 1.29 is 17.7 Å². The van der Waals surface area contributed by atoms with Crippen molar-refractivity contribution in [1.82, 2.24) is 20.0 Å². The van der Waals surface area contributed by atoms with E-state index in [0.29, 0.717) is 11.9 Å². The third-order valence-corrected chi connectivity index (χ3v) is 6.25. The van der Waals surface area contributed by atoms with Gasteiger partial charge in [0, 0.05) is 49.8 Å². The van der Waals surface area contributed by atoms with Crippen LogP contribution in [0.2, 0.25) is 0 Å². The van der Waals surface area contributed by atoms with Crippen molar-refractivity contribution >= 4 is 5.82 Å². The molecule has 3 heterocycles. The third kappa shape index (κ3) is 3.84. The van der Waals surface area contributed by atoms with Crippen molar-refractivity contribution in [3.63, 3.8) is 0 Å². The van der Waals surface area contributed by atoms with Gasteiger partial charge in [0.2, 0.25) is 0 Å². The maximum Gasteiger partial charge on any atom is 0.433 e. The summed E-state index contributed by atoms with van der Waals surface area (Å²) in [4.78, 5) is 12.1. The van der Waals surface area contributed by atoms with Crippen molar-refractivity contribution in [1.29, 1.82) is 0 Å². The van der Waals surface area contributed by atoms with Crippen LogP contribution in [0.15, 0.2) is 16.9 Å². The highest BCUT2D eigenvalue weighted by molar-refractivity contribution is 5.44. The van der Waals surface area contributed by atoms with Gasteiger partial charge in [-0.25, -0.2) is 9.97 Å². The van der Waals surface area contributed by atoms with Gasteiger partial charge in [0.15, 0.2) is 0 Å². The smallest absolute Gasteiger partial charge is 0.361 e. The van der Waals surface area contributed by atoms with Crippen LogP contribution in [0.25, 0.3) is 0 Å². The molecule has 9 heteroatoms. The Morgan fingerprint density at radius 2 is 1.83 bits per heavy atom. The number of piperidine rings is 1. The predicted molar refractivity (Wildman–Crippen MR) is 99.4 cm³/mol. The van der Waals surface area contributed by atoms with Crippen molar-refractivity contribution in [2.45, 2.75) is 69.8 Å². The molecular formula is C20H24F3N5O. The average molecular weight is 407 g/mol. The minimum absolute atomic E-state index is 0.206. The second-order valence-electron chi connectivity index (χ2n) is 8.29. The number of nitrogens with zero attached hydrogens (tertiary/aromatic N) is 5. The molecule has 0 N–H and O–H groups in total. The Morgan fingerprint density at radius 3 is 2.55 bits per heavy atom. The minimum Gasteiger partial charge on any atom is -0.361 e. The van der Waals surface area contributed by atoms with Gasteiger partial charge in [-0.1, -0.05) is 5.16 Å². The Bertz CT molecular complexity index is 871. The Hall–Kier alpha value is -2.16. The highest BCUT2D eigenvalue weighted by Crippen LogP contribution is 2.37. The molecule has 1 saturated carbocycles. The monoisotopic (exact) mass is 407 g/mol. The number of halogens is 3. The van der Waals surface area contributed by atoms with Crippen LogP contribution in [0.3, 0.4) is 0 Å². The summed E-state index contributed by atoms with van der Waals surface area (Å²) in [5, 5.41) is 4.25. The van der Waals surface area contributed by atoms with Gasteiger partial charge < -0.3 is 9.42 Å². The van der Waals surface area contributed by atoms with E-state index in [1.807, 2.05) is 0 Å². The number of hydrogen-bond acceptors (Lipinski definition) is 6. The summed E-state index contributed by atoms with van der Waals surface area (Å²) in [5.41, 5.74) is 1.47. The maximum atomic E-state index is 13.1. The van der Waals surface area contributed by atoms with Crippen LogP contribution in [0.5, 0.6) is 0 Å². The number of hydrogen-bond donors (Lipinski definition) is 0. The first-order chi connectivity index (χ1) is 14.0. The average Bonchev–Trinajstić information content (AvgIpc) is 3.29. The van der Waals surface area contributed by atoms with Crippen LogP contribution >= 0.6 is 0 Å². The van der Waals surface area contributed by atoms with E-state index >= 15 is 0 Å². The SMILES string of the molecule is FC(F)(F)c1cc(N(C2CC2)C2CCN(Cc3noc4c3CCC4)CC2)ncn1. The van der Waals surface area contributed by atoms with E-state index in [9.17, 15) is 13.2 Å². The summed E-state index contributed by atoms with van der Waals surface area (Å²) in [6.45, 7) is 2.58. The summed E-state index contributed by atoms with van der Waals surface area (Å²) < 4.78 is 44.7. The molecule has 0 unspecified atom stereocenters. The molecule has 6 nitrogen and oxygen atoms in total. The molecule has 0 amide bonds. The number of likely N-dealkylation sites (tertiary alicyclic amines) is 1. The summed E-state index contributed by atoms with van der Waals surface area (Å²) in [7, 11) is 0. The normalized spacial score (nSPS) is 20.8. The molecule has 2 aromatic heterocycles. The standard InChI is InChI=1S/C20H24F3N5O/c21-20(22,23)18-10-19(25-12-24-18)28(13-4-5-13)14-6-8-27(9-7-14)11-16-15-2-1-3-17(15)29-26-16/h10,12-14H,1-9,11H2.